The van der Waals surface area contributed by atoms with Gasteiger partial charge in [0.2, 0.25) is 0 Å². The van der Waals surface area contributed by atoms with Crippen LogP contribution in [0.1, 0.15) is 23.0 Å². The van der Waals surface area contributed by atoms with E-state index >= 15 is 0 Å². The second-order valence-electron chi connectivity index (χ2n) is 4.87. The fourth-order valence-corrected chi connectivity index (χ4v) is 2.06. The van der Waals surface area contributed by atoms with E-state index in [4.69, 9.17) is 21.4 Å². The van der Waals surface area contributed by atoms with Crippen molar-refractivity contribution in [1.29, 1.82) is 0 Å². The van der Waals surface area contributed by atoms with E-state index in [0.29, 0.717) is 35.3 Å². The maximum absolute atomic E-state index is 11.6. The number of nitrogens with zero attached hydrogens (tertiary/aromatic N) is 1. The number of carbonyl (C=O) groups is 1. The summed E-state index contributed by atoms with van der Waals surface area (Å²) in [7, 11) is 0. The topological polar surface area (TPSA) is 75.9 Å². The Balaban J connectivity index is 1.97. The Hall–Kier alpha value is -2.93. The molecule has 6 nitrogen and oxygen atoms in total. The summed E-state index contributed by atoms with van der Waals surface area (Å²) in [4.78, 5) is 11.6. The zero-order valence-corrected chi connectivity index (χ0v) is 14.6. The van der Waals surface area contributed by atoms with Gasteiger partial charge < -0.3 is 14.5 Å². The average Bonchev–Trinajstić information content (AvgIpc) is 3.09. The van der Waals surface area contributed by atoms with E-state index in [-0.39, 0.29) is 5.97 Å². The highest BCUT2D eigenvalue weighted by molar-refractivity contribution is 7.80. The molecule has 2 aromatic rings. The average molecular weight is 357 g/mol. The second kappa shape index (κ2) is 9.39. The summed E-state index contributed by atoms with van der Waals surface area (Å²) in [5, 5.41) is 7.28. The normalized spacial score (nSPS) is 10.4. The smallest absolute Gasteiger partial charge is 0.338 e. The van der Waals surface area contributed by atoms with Crippen LogP contribution in [-0.4, -0.2) is 30.4 Å². The molecule has 1 aromatic heterocycles. The van der Waals surface area contributed by atoms with Crippen LogP contribution in [0.25, 0.3) is 11.3 Å². The Morgan fingerprint density at radius 2 is 2.08 bits per heavy atom. The van der Waals surface area contributed by atoms with E-state index in [0.717, 1.165) is 5.56 Å². The summed E-state index contributed by atoms with van der Waals surface area (Å²) < 4.78 is 10.7. The molecule has 0 atom stereocenters. The molecule has 0 amide bonds. The van der Waals surface area contributed by atoms with E-state index in [2.05, 4.69) is 22.4 Å². The third kappa shape index (κ3) is 5.58. The third-order valence-corrected chi connectivity index (χ3v) is 3.31. The van der Waals surface area contributed by atoms with Gasteiger partial charge in [-0.3, -0.25) is 5.43 Å². The van der Waals surface area contributed by atoms with Gasteiger partial charge in [0, 0.05) is 12.1 Å². The molecule has 0 fully saturated rings. The molecule has 0 saturated heterocycles. The first-order valence-electron chi connectivity index (χ1n) is 7.69. The lowest BCUT2D eigenvalue weighted by atomic mass is 10.1. The summed E-state index contributed by atoms with van der Waals surface area (Å²) in [6, 6.07) is 10.6. The van der Waals surface area contributed by atoms with Crippen molar-refractivity contribution in [2.24, 2.45) is 5.10 Å². The number of furan rings is 1. The first-order chi connectivity index (χ1) is 12.1. The number of esters is 1. The lowest BCUT2D eigenvalue weighted by Crippen LogP contribution is -2.31. The maximum atomic E-state index is 11.6. The lowest BCUT2D eigenvalue weighted by molar-refractivity contribution is 0.0526. The largest absolute Gasteiger partial charge is 0.462 e. The molecule has 2 N–H and O–H groups in total. The minimum absolute atomic E-state index is 0.339. The zero-order chi connectivity index (χ0) is 18.1. The molecule has 0 unspecified atom stereocenters. The van der Waals surface area contributed by atoms with Gasteiger partial charge in [-0.05, 0) is 43.4 Å². The highest BCUT2D eigenvalue weighted by atomic mass is 32.1. The van der Waals surface area contributed by atoms with Crippen LogP contribution < -0.4 is 10.7 Å². The number of hydrogen-bond donors (Lipinski definition) is 2. The Morgan fingerprint density at radius 3 is 2.76 bits per heavy atom. The fourth-order valence-electron chi connectivity index (χ4n) is 1.92. The summed E-state index contributed by atoms with van der Waals surface area (Å²) in [5.74, 6) is 0.904. The van der Waals surface area contributed by atoms with Gasteiger partial charge in [-0.1, -0.05) is 18.2 Å². The second-order valence-corrected chi connectivity index (χ2v) is 5.28. The Kier molecular flexibility index (Phi) is 6.91. The monoisotopic (exact) mass is 357 g/mol. The van der Waals surface area contributed by atoms with Crippen molar-refractivity contribution >= 4 is 29.5 Å². The molecule has 0 bridgehead atoms. The molecule has 1 heterocycles. The Labute approximate surface area is 151 Å². The highest BCUT2D eigenvalue weighted by Gasteiger charge is 2.08. The van der Waals surface area contributed by atoms with Crippen LogP contribution in [0.4, 0.5) is 0 Å². The number of hydrazone groups is 1. The number of hydrogen-bond acceptors (Lipinski definition) is 5. The van der Waals surface area contributed by atoms with Crippen LogP contribution in [0.5, 0.6) is 0 Å². The quantitative estimate of drug-likeness (QED) is 0.261. The number of carbonyl (C=O) groups excluding carboxylic acids is 1. The maximum Gasteiger partial charge on any atom is 0.338 e. The molecule has 25 heavy (non-hydrogen) atoms. The molecular weight excluding hydrogens is 338 g/mol. The minimum atomic E-state index is -0.339. The van der Waals surface area contributed by atoms with Crippen molar-refractivity contribution < 1.29 is 13.9 Å². The number of benzene rings is 1. The minimum Gasteiger partial charge on any atom is -0.462 e. The van der Waals surface area contributed by atoms with Crippen molar-refractivity contribution in [3.63, 3.8) is 0 Å². The number of rotatable bonds is 7. The summed E-state index contributed by atoms with van der Waals surface area (Å²) in [6.07, 6.45) is 3.22. The first-order valence-corrected chi connectivity index (χ1v) is 8.10. The Bertz CT molecular complexity index is 766. The van der Waals surface area contributed by atoms with E-state index in [1.807, 2.05) is 6.07 Å². The van der Waals surface area contributed by atoms with E-state index < -0.39 is 0 Å². The molecular formula is C18H19N3O3S. The standard InChI is InChI=1S/C18H19N3O3S/c1-3-11-19-18(25)21-20-12-15-9-10-16(24-15)13-5-7-14(8-6-13)17(22)23-4-2/h3,5-10,12H,1,4,11H2,2H3,(H2,19,21,25)/b20-12-. The van der Waals surface area contributed by atoms with Crippen LogP contribution in [0.2, 0.25) is 0 Å². The summed E-state index contributed by atoms with van der Waals surface area (Å²) in [6.45, 7) is 6.27. The highest BCUT2D eigenvalue weighted by Crippen LogP contribution is 2.22. The van der Waals surface area contributed by atoms with Crippen molar-refractivity contribution in [3.8, 4) is 11.3 Å². The molecule has 0 spiro atoms. The van der Waals surface area contributed by atoms with Crippen molar-refractivity contribution in [2.75, 3.05) is 13.2 Å². The molecule has 2 rings (SSSR count). The van der Waals surface area contributed by atoms with Gasteiger partial charge in [-0.2, -0.15) is 5.10 Å². The zero-order valence-electron chi connectivity index (χ0n) is 13.8. The fraction of sp³-hybridized carbons (Fsp3) is 0.167. The van der Waals surface area contributed by atoms with Crippen molar-refractivity contribution in [1.82, 2.24) is 10.7 Å². The first kappa shape index (κ1) is 18.4. The van der Waals surface area contributed by atoms with E-state index in [1.54, 1.807) is 43.3 Å². The van der Waals surface area contributed by atoms with Gasteiger partial charge in [0.05, 0.1) is 18.4 Å². The molecule has 130 valence electrons. The van der Waals surface area contributed by atoms with Crippen LogP contribution in [0.15, 0.2) is 58.6 Å². The molecule has 7 heteroatoms. The van der Waals surface area contributed by atoms with Gasteiger partial charge in [-0.25, -0.2) is 4.79 Å². The Morgan fingerprint density at radius 1 is 1.32 bits per heavy atom. The van der Waals surface area contributed by atoms with Crippen LogP contribution >= 0.6 is 12.2 Å². The molecule has 0 radical (unpaired) electrons. The van der Waals surface area contributed by atoms with Gasteiger partial charge >= 0.3 is 5.97 Å². The van der Waals surface area contributed by atoms with Gasteiger partial charge in [0.1, 0.15) is 11.5 Å². The molecule has 1 aromatic carbocycles. The van der Waals surface area contributed by atoms with Crippen LogP contribution in [0, 0.1) is 0 Å². The van der Waals surface area contributed by atoms with Crippen molar-refractivity contribution in [2.45, 2.75) is 6.92 Å². The van der Waals surface area contributed by atoms with Crippen molar-refractivity contribution in [3.05, 3.63) is 60.4 Å². The third-order valence-electron chi connectivity index (χ3n) is 3.07. The predicted molar refractivity (Wildman–Crippen MR) is 102 cm³/mol. The van der Waals surface area contributed by atoms with Crippen LogP contribution in [0.3, 0.4) is 0 Å². The molecule has 0 aliphatic heterocycles. The van der Waals surface area contributed by atoms with Crippen LogP contribution in [-0.2, 0) is 4.74 Å². The lowest BCUT2D eigenvalue weighted by Gasteiger charge is -2.03. The van der Waals surface area contributed by atoms with E-state index in [1.165, 1.54) is 6.21 Å². The molecule has 0 aliphatic carbocycles. The predicted octanol–water partition coefficient (Wildman–Crippen LogP) is 3.11. The number of nitrogens with one attached hydrogen (secondary N) is 2. The van der Waals surface area contributed by atoms with E-state index in [9.17, 15) is 4.79 Å². The van der Waals surface area contributed by atoms with Gasteiger partial charge in [0.15, 0.2) is 5.11 Å². The number of thiocarbonyl (C=S) groups is 1. The van der Waals surface area contributed by atoms with Gasteiger partial charge in [0.25, 0.3) is 0 Å². The van der Waals surface area contributed by atoms with Gasteiger partial charge in [-0.15, -0.1) is 6.58 Å². The summed E-state index contributed by atoms with van der Waals surface area (Å²) in [5.41, 5.74) is 4.03. The SMILES string of the molecule is C=CCNC(=S)N/N=C\c1ccc(-c2ccc(C(=O)OCC)cc2)o1. The molecule has 0 saturated carbocycles. The molecule has 0 aliphatic rings. The summed E-state index contributed by atoms with van der Waals surface area (Å²) >= 11 is 5.02. The number of ether oxygens (including phenoxy) is 1.